The van der Waals surface area contributed by atoms with E-state index in [2.05, 4.69) is 20.7 Å². The third kappa shape index (κ3) is 10.00. The largest absolute Gasteiger partial charge is 0.480 e. The van der Waals surface area contributed by atoms with Gasteiger partial charge in [-0.2, -0.15) is 0 Å². The van der Waals surface area contributed by atoms with Crippen molar-refractivity contribution in [3.8, 4) is 0 Å². The number of carbonyl (C=O) groups is 4. The molecule has 0 bridgehead atoms. The lowest BCUT2D eigenvalue weighted by molar-refractivity contribution is -0.143. The number of nitrogens with one attached hydrogen (secondary N) is 3. The maximum Gasteiger partial charge on any atom is 0.407 e. The second-order valence-electron chi connectivity index (χ2n) is 5.78. The molecule has 0 radical (unpaired) electrons. The lowest BCUT2D eigenvalue weighted by atomic mass is 10.1. The van der Waals surface area contributed by atoms with E-state index in [-0.39, 0.29) is 13.0 Å². The molecule has 10 heteroatoms. The fourth-order valence-corrected chi connectivity index (χ4v) is 2.19. The van der Waals surface area contributed by atoms with E-state index in [4.69, 9.17) is 9.84 Å². The summed E-state index contributed by atoms with van der Waals surface area (Å²) in [7, 11) is 1.19. The Morgan fingerprint density at radius 1 is 1.07 bits per heavy atom. The highest BCUT2D eigenvalue weighted by Gasteiger charge is 2.21. The molecule has 28 heavy (non-hydrogen) atoms. The zero-order chi connectivity index (χ0) is 20.8. The van der Waals surface area contributed by atoms with Crippen LogP contribution in [0.25, 0.3) is 0 Å². The van der Waals surface area contributed by atoms with Gasteiger partial charge in [-0.15, -0.1) is 0 Å². The first-order valence-electron chi connectivity index (χ1n) is 8.71. The lowest BCUT2D eigenvalue weighted by Gasteiger charge is -2.16. The summed E-state index contributed by atoms with van der Waals surface area (Å²) in [4.78, 5) is 45.3. The Balaban J connectivity index is 2.24. The quantitative estimate of drug-likeness (QED) is 0.323. The average Bonchev–Trinajstić information content (AvgIpc) is 2.69. The van der Waals surface area contributed by atoms with Crippen molar-refractivity contribution < 1.29 is 33.8 Å². The molecule has 0 heterocycles. The van der Waals surface area contributed by atoms with Crippen molar-refractivity contribution in [2.75, 3.05) is 20.2 Å². The maximum absolute atomic E-state index is 11.7. The highest BCUT2D eigenvalue weighted by molar-refractivity contribution is 5.85. The minimum absolute atomic E-state index is 0.173. The summed E-state index contributed by atoms with van der Waals surface area (Å²) in [5.74, 6) is -1.84. The van der Waals surface area contributed by atoms with E-state index in [1.165, 1.54) is 7.11 Å². The predicted molar refractivity (Wildman–Crippen MR) is 98.5 cm³/mol. The van der Waals surface area contributed by atoms with Gasteiger partial charge in [-0.1, -0.05) is 30.3 Å². The van der Waals surface area contributed by atoms with Crippen LogP contribution in [-0.2, 0) is 25.7 Å². The first-order chi connectivity index (χ1) is 13.4. The lowest BCUT2D eigenvalue weighted by Crippen LogP contribution is -2.47. The number of methoxy groups -OCH3 is 1. The summed E-state index contributed by atoms with van der Waals surface area (Å²) in [6, 6.07) is 7.58. The Labute approximate surface area is 162 Å². The van der Waals surface area contributed by atoms with Crippen molar-refractivity contribution in [1.82, 2.24) is 16.0 Å². The number of hydrogen-bond donors (Lipinski definition) is 4. The topological polar surface area (TPSA) is 143 Å². The summed E-state index contributed by atoms with van der Waals surface area (Å²) in [5, 5.41) is 15.6. The third-order valence-corrected chi connectivity index (χ3v) is 3.59. The van der Waals surface area contributed by atoms with Crippen LogP contribution in [0.1, 0.15) is 24.8 Å². The van der Waals surface area contributed by atoms with Crippen LogP contribution < -0.4 is 16.0 Å². The van der Waals surface area contributed by atoms with E-state index < -0.39 is 36.6 Å². The number of benzene rings is 1. The minimum Gasteiger partial charge on any atom is -0.480 e. The van der Waals surface area contributed by atoms with Crippen molar-refractivity contribution in [1.29, 1.82) is 0 Å². The van der Waals surface area contributed by atoms with Crippen LogP contribution in [0.3, 0.4) is 0 Å². The van der Waals surface area contributed by atoms with E-state index in [1.54, 1.807) is 0 Å². The van der Waals surface area contributed by atoms with Gasteiger partial charge in [0.15, 0.2) is 0 Å². The molecule has 154 valence electrons. The fraction of sp³-hybridized carbons (Fsp3) is 0.444. The second kappa shape index (κ2) is 13.0. The first-order valence-corrected chi connectivity index (χ1v) is 8.71. The number of alkyl carbamates (subject to hydrolysis) is 1. The van der Waals surface area contributed by atoms with Crippen LogP contribution in [0.15, 0.2) is 30.3 Å². The minimum atomic E-state index is -1.20. The van der Waals surface area contributed by atoms with Crippen molar-refractivity contribution in [3.63, 3.8) is 0 Å². The van der Waals surface area contributed by atoms with Gasteiger partial charge in [-0.3, -0.25) is 4.79 Å². The number of ether oxygens (including phenoxy) is 2. The highest BCUT2D eigenvalue weighted by Crippen LogP contribution is 2.03. The van der Waals surface area contributed by atoms with Gasteiger partial charge in [0.1, 0.15) is 19.2 Å². The van der Waals surface area contributed by atoms with E-state index in [1.807, 2.05) is 30.3 Å². The standard InChI is InChI=1S/C18H25N3O7/c1-27-16(24)14(21-17(25)20-11-15(22)23)9-5-6-10-19-18(26)28-12-13-7-3-2-4-8-13/h2-4,7-8,14H,5-6,9-12H2,1H3,(H,19,26)(H,22,23)(H2,20,21,25)/t14-/m0/s1. The molecule has 10 nitrogen and oxygen atoms in total. The summed E-state index contributed by atoms with van der Waals surface area (Å²) >= 11 is 0. The second-order valence-corrected chi connectivity index (χ2v) is 5.78. The number of carboxylic acids is 1. The fourth-order valence-electron chi connectivity index (χ4n) is 2.19. The molecule has 0 unspecified atom stereocenters. The number of carboxylic acid groups (broad SMARTS) is 1. The van der Waals surface area contributed by atoms with Crippen molar-refractivity contribution in [3.05, 3.63) is 35.9 Å². The van der Waals surface area contributed by atoms with Crippen LogP contribution in [0.5, 0.6) is 0 Å². The molecule has 1 aromatic rings. The van der Waals surface area contributed by atoms with Gasteiger partial charge in [0.25, 0.3) is 0 Å². The molecule has 0 aliphatic carbocycles. The van der Waals surface area contributed by atoms with Gasteiger partial charge in [0.05, 0.1) is 7.11 Å². The van der Waals surface area contributed by atoms with Crippen molar-refractivity contribution in [2.45, 2.75) is 31.9 Å². The molecule has 0 aliphatic heterocycles. The third-order valence-electron chi connectivity index (χ3n) is 3.59. The molecule has 1 rings (SSSR count). The van der Waals surface area contributed by atoms with E-state index in [9.17, 15) is 19.2 Å². The number of esters is 1. The molecule has 0 saturated carbocycles. The molecule has 0 aromatic heterocycles. The molecule has 1 aromatic carbocycles. The summed E-state index contributed by atoms with van der Waals surface area (Å²) < 4.78 is 9.69. The first kappa shape index (κ1) is 22.7. The average molecular weight is 395 g/mol. The molecule has 1 atom stereocenters. The summed E-state index contributed by atoms with van der Waals surface area (Å²) in [5.41, 5.74) is 0.880. The molecule has 0 aliphatic rings. The number of amides is 3. The predicted octanol–water partition coefficient (Wildman–Crippen LogP) is 1.01. The van der Waals surface area contributed by atoms with Crippen LogP contribution in [0.2, 0.25) is 0 Å². The molecular formula is C18H25N3O7. The smallest absolute Gasteiger partial charge is 0.407 e. The molecule has 0 fully saturated rings. The monoisotopic (exact) mass is 395 g/mol. The van der Waals surface area contributed by atoms with Gasteiger partial charge in [0, 0.05) is 6.54 Å². The normalized spacial score (nSPS) is 11.0. The number of carbonyl (C=O) groups excluding carboxylic acids is 3. The Morgan fingerprint density at radius 3 is 2.43 bits per heavy atom. The van der Waals surface area contributed by atoms with Gasteiger partial charge in [-0.05, 0) is 24.8 Å². The molecule has 0 spiro atoms. The number of hydrogen-bond acceptors (Lipinski definition) is 6. The number of unbranched alkanes of at least 4 members (excludes halogenated alkanes) is 1. The van der Waals surface area contributed by atoms with Crippen molar-refractivity contribution >= 4 is 24.1 Å². The zero-order valence-electron chi connectivity index (χ0n) is 15.6. The van der Waals surface area contributed by atoms with Crippen molar-refractivity contribution in [2.24, 2.45) is 0 Å². The Hall–Kier alpha value is -3.30. The molecule has 4 N–H and O–H groups in total. The van der Waals surface area contributed by atoms with E-state index in [0.717, 1.165) is 5.56 Å². The summed E-state index contributed by atoms with van der Waals surface area (Å²) in [6.45, 7) is -0.0477. The van der Waals surface area contributed by atoms with Crippen LogP contribution >= 0.6 is 0 Å². The van der Waals surface area contributed by atoms with Crippen LogP contribution in [-0.4, -0.2) is 55.4 Å². The zero-order valence-corrected chi connectivity index (χ0v) is 15.6. The number of aliphatic carboxylic acids is 1. The molecule has 0 saturated heterocycles. The number of urea groups is 1. The highest BCUT2D eigenvalue weighted by atomic mass is 16.5. The Morgan fingerprint density at radius 2 is 1.79 bits per heavy atom. The van der Waals surface area contributed by atoms with Gasteiger partial charge in [0.2, 0.25) is 0 Å². The molecular weight excluding hydrogens is 370 g/mol. The Kier molecular flexibility index (Phi) is 10.5. The SMILES string of the molecule is COC(=O)[C@H](CCCCNC(=O)OCc1ccccc1)NC(=O)NCC(=O)O. The number of rotatable bonds is 11. The van der Waals surface area contributed by atoms with E-state index in [0.29, 0.717) is 19.4 Å². The van der Waals surface area contributed by atoms with Gasteiger partial charge >= 0.3 is 24.1 Å². The van der Waals surface area contributed by atoms with Crippen LogP contribution in [0.4, 0.5) is 9.59 Å². The molecule has 3 amide bonds. The van der Waals surface area contributed by atoms with E-state index >= 15 is 0 Å². The van der Waals surface area contributed by atoms with Gasteiger partial charge < -0.3 is 30.5 Å². The Bertz CT molecular complexity index is 652. The summed E-state index contributed by atoms with van der Waals surface area (Å²) in [6.07, 6.45) is 0.789. The van der Waals surface area contributed by atoms with Crippen LogP contribution in [0, 0.1) is 0 Å². The van der Waals surface area contributed by atoms with Gasteiger partial charge in [-0.25, -0.2) is 14.4 Å². The maximum atomic E-state index is 11.7.